The Hall–Kier alpha value is -2.18. The number of carbonyl (C=O) groups excluding carboxylic acids is 2. The number of nitrogens with one attached hydrogen (secondary N) is 2. The van der Waals surface area contributed by atoms with Crippen molar-refractivity contribution in [3.63, 3.8) is 0 Å². The molecule has 1 aromatic carbocycles. The van der Waals surface area contributed by atoms with Gasteiger partial charge in [0.1, 0.15) is 0 Å². The lowest BCUT2D eigenvalue weighted by atomic mass is 10.2. The van der Waals surface area contributed by atoms with Crippen LogP contribution in [0.1, 0.15) is 22.3 Å². The standard InChI is InChI=1S/C15H16N2O3S/c18-14(17-20-10-12-4-2-1-3-5-12)6-8-16-15(19)13-7-9-21-11-13/h1-5,7,9,11H,6,8,10H2,(H,16,19)(H,17,18). The maximum atomic E-state index is 11.6. The molecule has 0 spiro atoms. The molecule has 2 aromatic rings. The second-order valence-electron chi connectivity index (χ2n) is 4.32. The minimum atomic E-state index is -0.267. The molecule has 0 radical (unpaired) electrons. The van der Waals surface area contributed by atoms with Gasteiger partial charge in [-0.1, -0.05) is 30.3 Å². The van der Waals surface area contributed by atoms with Gasteiger partial charge >= 0.3 is 0 Å². The Morgan fingerprint density at radius 1 is 1.14 bits per heavy atom. The zero-order valence-corrected chi connectivity index (χ0v) is 12.2. The number of hydrogen-bond acceptors (Lipinski definition) is 4. The molecule has 110 valence electrons. The van der Waals surface area contributed by atoms with E-state index in [1.165, 1.54) is 11.3 Å². The minimum absolute atomic E-state index is 0.171. The molecule has 2 N–H and O–H groups in total. The molecule has 0 aliphatic heterocycles. The maximum Gasteiger partial charge on any atom is 0.252 e. The first-order chi connectivity index (χ1) is 10.3. The third kappa shape index (κ3) is 5.37. The third-order valence-electron chi connectivity index (χ3n) is 2.69. The highest BCUT2D eigenvalue weighted by atomic mass is 32.1. The molecule has 0 aliphatic carbocycles. The van der Waals surface area contributed by atoms with E-state index in [-0.39, 0.29) is 24.8 Å². The van der Waals surface area contributed by atoms with Crippen LogP contribution in [0.4, 0.5) is 0 Å². The van der Waals surface area contributed by atoms with Gasteiger partial charge < -0.3 is 5.32 Å². The summed E-state index contributed by atoms with van der Waals surface area (Å²) < 4.78 is 0. The van der Waals surface area contributed by atoms with E-state index >= 15 is 0 Å². The number of amides is 2. The SMILES string of the molecule is O=C(CCNC(=O)c1ccsc1)NOCc1ccccc1. The van der Waals surface area contributed by atoms with Gasteiger partial charge in [0.25, 0.3) is 5.91 Å². The number of benzene rings is 1. The van der Waals surface area contributed by atoms with Gasteiger partial charge in [-0.2, -0.15) is 11.3 Å². The molecule has 0 unspecified atom stereocenters. The molecule has 21 heavy (non-hydrogen) atoms. The fraction of sp³-hybridized carbons (Fsp3) is 0.200. The highest BCUT2D eigenvalue weighted by Crippen LogP contribution is 2.05. The van der Waals surface area contributed by atoms with E-state index in [0.717, 1.165) is 5.56 Å². The van der Waals surface area contributed by atoms with E-state index in [0.29, 0.717) is 12.2 Å². The molecule has 0 bridgehead atoms. The quantitative estimate of drug-likeness (QED) is 0.770. The van der Waals surface area contributed by atoms with Crippen molar-refractivity contribution in [2.75, 3.05) is 6.54 Å². The molecule has 1 heterocycles. The summed E-state index contributed by atoms with van der Waals surface area (Å²) in [7, 11) is 0. The van der Waals surface area contributed by atoms with Gasteiger partial charge in [0.2, 0.25) is 5.91 Å². The third-order valence-corrected chi connectivity index (χ3v) is 3.37. The van der Waals surface area contributed by atoms with Crippen molar-refractivity contribution in [2.45, 2.75) is 13.0 Å². The smallest absolute Gasteiger partial charge is 0.252 e. The minimum Gasteiger partial charge on any atom is -0.351 e. The van der Waals surface area contributed by atoms with Crippen LogP contribution < -0.4 is 10.8 Å². The van der Waals surface area contributed by atoms with Crippen molar-refractivity contribution in [1.82, 2.24) is 10.8 Å². The summed E-state index contributed by atoms with van der Waals surface area (Å²) in [5.74, 6) is -0.439. The average molecular weight is 304 g/mol. The molecule has 0 fully saturated rings. The summed E-state index contributed by atoms with van der Waals surface area (Å²) in [6.45, 7) is 0.586. The van der Waals surface area contributed by atoms with E-state index in [4.69, 9.17) is 4.84 Å². The Labute approximate surface area is 126 Å². The van der Waals surface area contributed by atoms with Gasteiger partial charge in [0.15, 0.2) is 0 Å². The largest absolute Gasteiger partial charge is 0.351 e. The van der Waals surface area contributed by atoms with Gasteiger partial charge in [-0.15, -0.1) is 0 Å². The van der Waals surface area contributed by atoms with Crippen molar-refractivity contribution in [1.29, 1.82) is 0 Å². The van der Waals surface area contributed by atoms with Crippen molar-refractivity contribution < 1.29 is 14.4 Å². The zero-order valence-electron chi connectivity index (χ0n) is 11.4. The summed E-state index contributed by atoms with van der Waals surface area (Å²) in [5.41, 5.74) is 3.94. The van der Waals surface area contributed by atoms with Crippen molar-refractivity contribution in [2.24, 2.45) is 0 Å². The van der Waals surface area contributed by atoms with E-state index in [9.17, 15) is 9.59 Å². The summed E-state index contributed by atoms with van der Waals surface area (Å²) in [4.78, 5) is 28.2. The van der Waals surface area contributed by atoms with Crippen molar-refractivity contribution >= 4 is 23.2 Å². The lowest BCUT2D eigenvalue weighted by Gasteiger charge is -2.06. The van der Waals surface area contributed by atoms with Gasteiger partial charge in [-0.05, 0) is 17.0 Å². The first kappa shape index (κ1) is 15.2. The lowest BCUT2D eigenvalue weighted by molar-refractivity contribution is -0.134. The first-order valence-electron chi connectivity index (χ1n) is 6.50. The van der Waals surface area contributed by atoms with Crippen LogP contribution in [0.15, 0.2) is 47.2 Å². The van der Waals surface area contributed by atoms with Crippen LogP contribution >= 0.6 is 11.3 Å². The fourth-order valence-corrected chi connectivity index (χ4v) is 2.25. The van der Waals surface area contributed by atoms with Crippen molar-refractivity contribution in [3.05, 3.63) is 58.3 Å². The molecule has 2 amide bonds. The molecule has 0 saturated carbocycles. The Morgan fingerprint density at radius 2 is 1.95 bits per heavy atom. The summed E-state index contributed by atoms with van der Waals surface area (Å²) >= 11 is 1.46. The van der Waals surface area contributed by atoms with E-state index in [1.807, 2.05) is 35.7 Å². The maximum absolute atomic E-state index is 11.6. The van der Waals surface area contributed by atoms with Gasteiger partial charge in [-0.25, -0.2) is 5.48 Å². The molecule has 0 saturated heterocycles. The number of carbonyl (C=O) groups is 2. The van der Waals surface area contributed by atoms with Crippen LogP contribution in [0.3, 0.4) is 0 Å². The molecule has 1 aromatic heterocycles. The van der Waals surface area contributed by atoms with Crippen LogP contribution in [0.2, 0.25) is 0 Å². The molecule has 2 rings (SSSR count). The highest BCUT2D eigenvalue weighted by molar-refractivity contribution is 7.08. The monoisotopic (exact) mass is 304 g/mol. The molecule has 5 nitrogen and oxygen atoms in total. The Balaban J connectivity index is 1.58. The average Bonchev–Trinajstić information content (AvgIpc) is 3.02. The second-order valence-corrected chi connectivity index (χ2v) is 5.10. The molecular formula is C15H16N2O3S. The topological polar surface area (TPSA) is 67.4 Å². The van der Waals surface area contributed by atoms with Crippen LogP contribution in [0, 0.1) is 0 Å². The van der Waals surface area contributed by atoms with E-state index in [1.54, 1.807) is 11.4 Å². The van der Waals surface area contributed by atoms with Gasteiger partial charge in [0, 0.05) is 23.9 Å². The molecule has 0 atom stereocenters. The predicted octanol–water partition coefficient (Wildman–Crippen LogP) is 2.12. The number of thiophene rings is 1. The Morgan fingerprint density at radius 3 is 2.67 bits per heavy atom. The second kappa shape index (κ2) is 8.18. The number of hydrogen-bond donors (Lipinski definition) is 2. The summed E-state index contributed by atoms with van der Waals surface area (Å²) in [6, 6.07) is 11.3. The normalized spacial score (nSPS) is 10.1. The van der Waals surface area contributed by atoms with Crippen LogP contribution in [0.5, 0.6) is 0 Å². The highest BCUT2D eigenvalue weighted by Gasteiger charge is 2.06. The van der Waals surface area contributed by atoms with Crippen LogP contribution in [-0.4, -0.2) is 18.4 Å². The van der Waals surface area contributed by atoms with Crippen molar-refractivity contribution in [3.8, 4) is 0 Å². The zero-order chi connectivity index (χ0) is 14.9. The van der Waals surface area contributed by atoms with E-state index < -0.39 is 0 Å². The van der Waals surface area contributed by atoms with E-state index in [2.05, 4.69) is 10.8 Å². The first-order valence-corrected chi connectivity index (χ1v) is 7.45. The summed E-state index contributed by atoms with van der Waals surface area (Å²) in [6.07, 6.45) is 0.171. The summed E-state index contributed by atoms with van der Waals surface area (Å²) in [5, 5.41) is 6.27. The predicted molar refractivity (Wildman–Crippen MR) is 80.6 cm³/mol. The molecule has 6 heteroatoms. The van der Waals surface area contributed by atoms with Crippen LogP contribution in [-0.2, 0) is 16.2 Å². The number of hydroxylamine groups is 1. The van der Waals surface area contributed by atoms with Gasteiger partial charge in [0.05, 0.1) is 6.61 Å². The Bertz CT molecular complexity index is 570. The molecular weight excluding hydrogens is 288 g/mol. The number of rotatable bonds is 7. The Kier molecular flexibility index (Phi) is 5.93. The fourth-order valence-electron chi connectivity index (χ4n) is 1.61. The van der Waals surface area contributed by atoms with Crippen LogP contribution in [0.25, 0.3) is 0 Å². The molecule has 0 aliphatic rings. The van der Waals surface area contributed by atoms with Gasteiger partial charge in [-0.3, -0.25) is 14.4 Å². The lowest BCUT2D eigenvalue weighted by Crippen LogP contribution is -2.30.